The largest absolute Gasteiger partial charge is 0.439 e. The smallest absolute Gasteiger partial charge is 0.325 e. The zero-order valence-corrected chi connectivity index (χ0v) is 14.0. The zero-order valence-electron chi connectivity index (χ0n) is 14.0. The summed E-state index contributed by atoms with van der Waals surface area (Å²) in [5, 5.41) is 4.09. The molecule has 2 heterocycles. The van der Waals surface area contributed by atoms with Crippen molar-refractivity contribution in [3.8, 4) is 29.1 Å². The van der Waals surface area contributed by atoms with Crippen molar-refractivity contribution >= 4 is 0 Å². The second-order valence-electron chi connectivity index (χ2n) is 5.48. The van der Waals surface area contributed by atoms with Gasteiger partial charge in [0, 0.05) is 11.8 Å². The summed E-state index contributed by atoms with van der Waals surface area (Å²) in [6.07, 6.45) is 3.12. The second kappa shape index (κ2) is 7.02. The standard InChI is InChI=1S/C19H15N5O2/c1-14-11-18(25-16-5-3-2-4-6-16)23-19(22-14)26-17-9-7-15(8-10-17)24-13-20-12-21-24/h2-13H,1H3. The number of rotatable bonds is 5. The number of ether oxygens (including phenoxy) is 2. The molecule has 0 aliphatic heterocycles. The predicted octanol–water partition coefficient (Wildman–Crippen LogP) is 3.95. The van der Waals surface area contributed by atoms with Crippen LogP contribution < -0.4 is 9.47 Å². The maximum Gasteiger partial charge on any atom is 0.325 e. The Kier molecular flexibility index (Phi) is 4.26. The molecule has 7 heteroatoms. The van der Waals surface area contributed by atoms with E-state index in [4.69, 9.17) is 9.47 Å². The topological polar surface area (TPSA) is 75.0 Å². The molecule has 128 valence electrons. The monoisotopic (exact) mass is 345 g/mol. The average Bonchev–Trinajstić information content (AvgIpc) is 3.17. The van der Waals surface area contributed by atoms with Crippen LogP contribution in [0.2, 0.25) is 0 Å². The van der Waals surface area contributed by atoms with Crippen LogP contribution in [-0.2, 0) is 0 Å². The van der Waals surface area contributed by atoms with Crippen LogP contribution in [0.15, 0.2) is 73.3 Å². The van der Waals surface area contributed by atoms with Gasteiger partial charge in [0.15, 0.2) is 0 Å². The van der Waals surface area contributed by atoms with Crippen molar-refractivity contribution in [2.24, 2.45) is 0 Å². The molecule has 7 nitrogen and oxygen atoms in total. The van der Waals surface area contributed by atoms with Crippen molar-refractivity contribution in [2.45, 2.75) is 6.92 Å². The molecular formula is C19H15N5O2. The minimum Gasteiger partial charge on any atom is -0.439 e. The van der Waals surface area contributed by atoms with Gasteiger partial charge in [0.2, 0.25) is 5.88 Å². The lowest BCUT2D eigenvalue weighted by atomic mass is 10.3. The molecule has 4 aromatic rings. The SMILES string of the molecule is Cc1cc(Oc2ccccc2)nc(Oc2ccc(-n3cncn3)cc2)n1. The molecule has 0 saturated heterocycles. The van der Waals surface area contributed by atoms with Gasteiger partial charge in [0.25, 0.3) is 0 Å². The highest BCUT2D eigenvalue weighted by Gasteiger charge is 2.07. The number of nitrogens with zero attached hydrogens (tertiary/aromatic N) is 5. The molecule has 0 bridgehead atoms. The summed E-state index contributed by atoms with van der Waals surface area (Å²) in [7, 11) is 0. The molecular weight excluding hydrogens is 330 g/mol. The molecule has 0 radical (unpaired) electrons. The molecule has 0 unspecified atom stereocenters. The van der Waals surface area contributed by atoms with Gasteiger partial charge in [-0.25, -0.2) is 9.67 Å². The van der Waals surface area contributed by atoms with Crippen LogP contribution in [0.3, 0.4) is 0 Å². The van der Waals surface area contributed by atoms with Crippen LogP contribution in [-0.4, -0.2) is 24.7 Å². The zero-order chi connectivity index (χ0) is 17.8. The summed E-state index contributed by atoms with van der Waals surface area (Å²) in [5.74, 6) is 1.75. The van der Waals surface area contributed by atoms with Gasteiger partial charge in [0.05, 0.1) is 5.69 Å². The Morgan fingerprint density at radius 1 is 0.846 bits per heavy atom. The first-order valence-electron chi connectivity index (χ1n) is 7.98. The summed E-state index contributed by atoms with van der Waals surface area (Å²) in [6.45, 7) is 1.86. The van der Waals surface area contributed by atoms with Crippen LogP contribution >= 0.6 is 0 Å². The van der Waals surface area contributed by atoms with Crippen molar-refractivity contribution in [1.29, 1.82) is 0 Å². The van der Waals surface area contributed by atoms with E-state index in [1.165, 1.54) is 6.33 Å². The highest BCUT2D eigenvalue weighted by Crippen LogP contribution is 2.24. The Balaban J connectivity index is 1.52. The van der Waals surface area contributed by atoms with Gasteiger partial charge < -0.3 is 9.47 Å². The molecule has 0 saturated carbocycles. The molecule has 0 atom stereocenters. The molecule has 0 spiro atoms. The van der Waals surface area contributed by atoms with Crippen molar-refractivity contribution < 1.29 is 9.47 Å². The first-order valence-corrected chi connectivity index (χ1v) is 7.98. The fourth-order valence-electron chi connectivity index (χ4n) is 2.33. The summed E-state index contributed by atoms with van der Waals surface area (Å²) >= 11 is 0. The van der Waals surface area contributed by atoms with E-state index in [0.717, 1.165) is 11.4 Å². The van der Waals surface area contributed by atoms with Crippen molar-refractivity contribution in [3.63, 3.8) is 0 Å². The molecule has 0 N–H and O–H groups in total. The maximum atomic E-state index is 5.76. The molecule has 0 aliphatic rings. The van der Waals surface area contributed by atoms with Crippen molar-refractivity contribution in [1.82, 2.24) is 24.7 Å². The Morgan fingerprint density at radius 2 is 1.62 bits per heavy atom. The van der Waals surface area contributed by atoms with E-state index in [1.807, 2.05) is 61.5 Å². The number of hydrogen-bond donors (Lipinski definition) is 0. The van der Waals surface area contributed by atoms with Gasteiger partial charge in [-0.1, -0.05) is 18.2 Å². The van der Waals surface area contributed by atoms with E-state index in [0.29, 0.717) is 17.4 Å². The molecule has 26 heavy (non-hydrogen) atoms. The minimum absolute atomic E-state index is 0.226. The summed E-state index contributed by atoms with van der Waals surface area (Å²) in [4.78, 5) is 12.5. The predicted molar refractivity (Wildman–Crippen MR) is 94.7 cm³/mol. The summed E-state index contributed by atoms with van der Waals surface area (Å²) in [6, 6.07) is 18.8. The van der Waals surface area contributed by atoms with Gasteiger partial charge in [-0.15, -0.1) is 0 Å². The first-order chi connectivity index (χ1) is 12.8. The van der Waals surface area contributed by atoms with Gasteiger partial charge in [-0.3, -0.25) is 0 Å². The quantitative estimate of drug-likeness (QED) is 0.545. The van der Waals surface area contributed by atoms with Crippen LogP contribution in [0.1, 0.15) is 5.69 Å². The van der Waals surface area contributed by atoms with Crippen molar-refractivity contribution in [3.05, 3.63) is 79.0 Å². The third kappa shape index (κ3) is 3.67. The number of aromatic nitrogens is 5. The van der Waals surface area contributed by atoms with E-state index in [-0.39, 0.29) is 6.01 Å². The highest BCUT2D eigenvalue weighted by molar-refractivity contribution is 5.37. The normalized spacial score (nSPS) is 10.5. The minimum atomic E-state index is 0.226. The van der Waals surface area contributed by atoms with E-state index < -0.39 is 0 Å². The lowest BCUT2D eigenvalue weighted by molar-refractivity contribution is 0.410. The molecule has 0 fully saturated rings. The molecule has 2 aromatic carbocycles. The second-order valence-corrected chi connectivity index (χ2v) is 5.48. The van der Waals surface area contributed by atoms with Gasteiger partial charge in [-0.2, -0.15) is 15.1 Å². The third-order valence-corrected chi connectivity index (χ3v) is 3.50. The van der Waals surface area contributed by atoms with Crippen LogP contribution in [0.5, 0.6) is 23.4 Å². The van der Waals surface area contributed by atoms with Gasteiger partial charge in [0.1, 0.15) is 24.2 Å². The fourth-order valence-corrected chi connectivity index (χ4v) is 2.33. The molecule has 0 amide bonds. The van der Waals surface area contributed by atoms with Crippen LogP contribution in [0.25, 0.3) is 5.69 Å². The lowest BCUT2D eigenvalue weighted by Crippen LogP contribution is -1.98. The summed E-state index contributed by atoms with van der Waals surface area (Å²) in [5.41, 5.74) is 1.63. The van der Waals surface area contributed by atoms with E-state index in [2.05, 4.69) is 20.1 Å². The fraction of sp³-hybridized carbons (Fsp3) is 0.0526. The van der Waals surface area contributed by atoms with E-state index >= 15 is 0 Å². The van der Waals surface area contributed by atoms with E-state index in [9.17, 15) is 0 Å². The number of benzene rings is 2. The Hall–Kier alpha value is -3.74. The molecule has 2 aromatic heterocycles. The third-order valence-electron chi connectivity index (χ3n) is 3.50. The average molecular weight is 345 g/mol. The Morgan fingerprint density at radius 3 is 2.35 bits per heavy atom. The molecule has 0 aliphatic carbocycles. The Labute approximate surface area is 149 Å². The number of para-hydroxylation sites is 1. The van der Waals surface area contributed by atoms with Gasteiger partial charge in [-0.05, 0) is 43.3 Å². The van der Waals surface area contributed by atoms with Crippen LogP contribution in [0, 0.1) is 6.92 Å². The summed E-state index contributed by atoms with van der Waals surface area (Å²) < 4.78 is 13.2. The van der Waals surface area contributed by atoms with Crippen LogP contribution in [0.4, 0.5) is 0 Å². The van der Waals surface area contributed by atoms with E-state index in [1.54, 1.807) is 17.1 Å². The highest BCUT2D eigenvalue weighted by atomic mass is 16.5. The van der Waals surface area contributed by atoms with Crippen molar-refractivity contribution in [2.75, 3.05) is 0 Å². The number of hydrogen-bond acceptors (Lipinski definition) is 6. The molecule has 4 rings (SSSR count). The number of aryl methyl sites for hydroxylation is 1. The maximum absolute atomic E-state index is 5.76. The van der Waals surface area contributed by atoms with Gasteiger partial charge >= 0.3 is 6.01 Å². The lowest BCUT2D eigenvalue weighted by Gasteiger charge is -2.09. The Bertz CT molecular complexity index is 986. The first kappa shape index (κ1) is 15.8.